The number of ketones is 1. The summed E-state index contributed by atoms with van der Waals surface area (Å²) in [5.41, 5.74) is 5.25. The molecule has 0 saturated heterocycles. The van der Waals surface area contributed by atoms with Crippen LogP contribution in [0.4, 0.5) is 16.0 Å². The van der Waals surface area contributed by atoms with Crippen molar-refractivity contribution in [1.82, 2.24) is 4.98 Å². The summed E-state index contributed by atoms with van der Waals surface area (Å²) in [6.07, 6.45) is 0. The number of nitrogens with two attached hydrogens (primary N) is 1. The van der Waals surface area contributed by atoms with Crippen LogP contribution in [0.25, 0.3) is 0 Å². The molecule has 6 nitrogen and oxygen atoms in total. The van der Waals surface area contributed by atoms with Crippen LogP contribution in [0.2, 0.25) is 0 Å². The smallest absolute Gasteiger partial charge is 0.272 e. The summed E-state index contributed by atoms with van der Waals surface area (Å²) in [6.45, 7) is 4.58. The molecule has 1 aromatic heterocycles. The molecule has 130 valence electrons. The van der Waals surface area contributed by atoms with Crippen molar-refractivity contribution in [2.45, 2.75) is 26.4 Å². The summed E-state index contributed by atoms with van der Waals surface area (Å²) < 4.78 is 19.1. The Morgan fingerprint density at radius 3 is 2.72 bits per heavy atom. The number of nitrogen functional groups attached to an aromatic ring is 1. The summed E-state index contributed by atoms with van der Waals surface area (Å²) in [5.74, 6) is -0.321. The van der Waals surface area contributed by atoms with E-state index in [1.807, 2.05) is 0 Å². The van der Waals surface area contributed by atoms with E-state index in [-0.39, 0.29) is 29.8 Å². The minimum Gasteiger partial charge on any atom is -0.474 e. The number of amides is 1. The van der Waals surface area contributed by atoms with Crippen LogP contribution < -0.4 is 15.4 Å². The summed E-state index contributed by atoms with van der Waals surface area (Å²) in [6, 6.07) is 7.27. The lowest BCUT2D eigenvalue weighted by Crippen LogP contribution is -2.54. The van der Waals surface area contributed by atoms with Crippen LogP contribution in [0.1, 0.15) is 29.8 Å². The molecule has 0 spiro atoms. The molecule has 0 saturated carbocycles. The highest BCUT2D eigenvalue weighted by Crippen LogP contribution is 2.36. The zero-order chi connectivity index (χ0) is 18.4. The number of rotatable bonds is 3. The zero-order valence-electron chi connectivity index (χ0n) is 14.2. The van der Waals surface area contributed by atoms with Gasteiger partial charge in [-0.15, -0.1) is 0 Å². The number of nitrogens with zero attached hydrogens (tertiary/aromatic N) is 2. The van der Waals surface area contributed by atoms with Crippen molar-refractivity contribution in [2.75, 3.05) is 17.2 Å². The third-order valence-electron chi connectivity index (χ3n) is 4.02. The van der Waals surface area contributed by atoms with Gasteiger partial charge in [0.05, 0.1) is 6.54 Å². The quantitative estimate of drug-likeness (QED) is 0.866. The van der Waals surface area contributed by atoms with Crippen molar-refractivity contribution in [1.29, 1.82) is 0 Å². The van der Waals surface area contributed by atoms with E-state index >= 15 is 0 Å². The first kappa shape index (κ1) is 16.9. The van der Waals surface area contributed by atoms with Gasteiger partial charge < -0.3 is 10.5 Å². The second-order valence-corrected chi connectivity index (χ2v) is 6.45. The summed E-state index contributed by atoms with van der Waals surface area (Å²) >= 11 is 0. The molecule has 2 N–H and O–H groups in total. The van der Waals surface area contributed by atoms with Crippen molar-refractivity contribution >= 4 is 23.3 Å². The number of ether oxygens (including phenoxy) is 1. The number of halogens is 1. The molecule has 2 heterocycles. The number of aromatic nitrogens is 1. The van der Waals surface area contributed by atoms with Crippen molar-refractivity contribution in [3.63, 3.8) is 0 Å². The molecule has 0 radical (unpaired) electrons. The van der Waals surface area contributed by atoms with Gasteiger partial charge in [-0.1, -0.05) is 0 Å². The van der Waals surface area contributed by atoms with Gasteiger partial charge in [0.15, 0.2) is 23.0 Å². The number of aryl methyl sites for hydroxylation is 1. The van der Waals surface area contributed by atoms with Gasteiger partial charge in [0.25, 0.3) is 5.91 Å². The molecule has 0 aliphatic carbocycles. The Morgan fingerprint density at radius 1 is 1.32 bits per heavy atom. The summed E-state index contributed by atoms with van der Waals surface area (Å²) in [7, 11) is 0. The van der Waals surface area contributed by atoms with Gasteiger partial charge >= 0.3 is 0 Å². The maximum atomic E-state index is 13.4. The van der Waals surface area contributed by atoms with Crippen molar-refractivity contribution in [2.24, 2.45) is 0 Å². The number of carbonyl (C=O) groups is 2. The third kappa shape index (κ3) is 3.05. The minimum absolute atomic E-state index is 0.205. The van der Waals surface area contributed by atoms with E-state index in [0.29, 0.717) is 16.9 Å². The fraction of sp³-hybridized carbons (Fsp3) is 0.278. The number of fused-ring (bicyclic) bond motifs is 1. The molecular formula is C18H18FN3O3. The molecule has 1 aliphatic rings. The standard InChI is InChI=1S/C18H18FN3O3/c1-10-8-11(4-5-12(10)19)13(23)9-22-16-14(6-7-15(20)21-16)25-18(2,3)17(22)24/h4-8H,9H2,1-3H3,(H2,20,21). The maximum Gasteiger partial charge on any atom is 0.272 e. The highest BCUT2D eigenvalue weighted by Gasteiger charge is 2.42. The largest absolute Gasteiger partial charge is 0.474 e. The fourth-order valence-corrected chi connectivity index (χ4v) is 2.66. The Morgan fingerprint density at radius 2 is 2.04 bits per heavy atom. The first-order chi connectivity index (χ1) is 11.7. The Labute approximate surface area is 144 Å². The number of benzene rings is 1. The Bertz CT molecular complexity index is 880. The number of anilines is 2. The minimum atomic E-state index is -1.14. The van der Waals surface area contributed by atoms with E-state index in [9.17, 15) is 14.0 Å². The van der Waals surface area contributed by atoms with Gasteiger partial charge in [0.2, 0.25) is 0 Å². The van der Waals surface area contributed by atoms with E-state index in [0.717, 1.165) is 0 Å². The topological polar surface area (TPSA) is 85.5 Å². The normalized spacial score (nSPS) is 15.5. The number of pyridine rings is 1. The molecule has 3 rings (SSSR count). The Hall–Kier alpha value is -2.96. The van der Waals surface area contributed by atoms with Gasteiger partial charge in [0.1, 0.15) is 11.6 Å². The van der Waals surface area contributed by atoms with Gasteiger partial charge in [0, 0.05) is 5.56 Å². The molecule has 25 heavy (non-hydrogen) atoms. The number of hydrogen-bond donors (Lipinski definition) is 1. The number of Topliss-reactive ketones (excluding diaryl/α,β-unsaturated/α-hetero) is 1. The van der Waals surface area contributed by atoms with E-state index in [1.165, 1.54) is 23.1 Å². The second kappa shape index (κ2) is 5.84. The van der Waals surface area contributed by atoms with Crippen LogP contribution in [-0.2, 0) is 4.79 Å². The van der Waals surface area contributed by atoms with Crippen LogP contribution >= 0.6 is 0 Å². The van der Waals surface area contributed by atoms with Crippen LogP contribution in [0.3, 0.4) is 0 Å². The maximum absolute atomic E-state index is 13.4. The highest BCUT2D eigenvalue weighted by atomic mass is 19.1. The fourth-order valence-electron chi connectivity index (χ4n) is 2.66. The van der Waals surface area contributed by atoms with Gasteiger partial charge in [-0.3, -0.25) is 14.5 Å². The third-order valence-corrected chi connectivity index (χ3v) is 4.02. The Balaban J connectivity index is 1.97. The zero-order valence-corrected chi connectivity index (χ0v) is 14.2. The molecule has 2 aromatic rings. The Kier molecular flexibility index (Phi) is 3.94. The molecule has 0 fully saturated rings. The molecule has 0 bridgehead atoms. The lowest BCUT2D eigenvalue weighted by atomic mass is 10.0. The first-order valence-electron chi connectivity index (χ1n) is 7.76. The van der Waals surface area contributed by atoms with Crippen molar-refractivity contribution in [3.8, 4) is 5.75 Å². The van der Waals surface area contributed by atoms with Crippen LogP contribution in [0.5, 0.6) is 5.75 Å². The lowest BCUT2D eigenvalue weighted by Gasteiger charge is -2.37. The van der Waals surface area contributed by atoms with E-state index < -0.39 is 11.5 Å². The number of carbonyl (C=O) groups excluding carboxylic acids is 2. The average molecular weight is 343 g/mol. The van der Waals surface area contributed by atoms with Crippen molar-refractivity contribution in [3.05, 3.63) is 47.3 Å². The molecule has 0 unspecified atom stereocenters. The SMILES string of the molecule is Cc1cc(C(=O)CN2C(=O)C(C)(C)Oc3ccc(N)nc32)ccc1F. The van der Waals surface area contributed by atoms with Crippen LogP contribution in [0.15, 0.2) is 30.3 Å². The van der Waals surface area contributed by atoms with Gasteiger partial charge in [-0.05, 0) is 56.7 Å². The van der Waals surface area contributed by atoms with Crippen LogP contribution in [-0.4, -0.2) is 28.8 Å². The van der Waals surface area contributed by atoms with Gasteiger partial charge in [-0.2, -0.15) is 0 Å². The van der Waals surface area contributed by atoms with E-state index in [1.54, 1.807) is 32.9 Å². The predicted molar refractivity (Wildman–Crippen MR) is 91.2 cm³/mol. The summed E-state index contributed by atoms with van der Waals surface area (Å²) in [5, 5.41) is 0. The second-order valence-electron chi connectivity index (χ2n) is 6.45. The molecule has 1 amide bonds. The first-order valence-corrected chi connectivity index (χ1v) is 7.76. The van der Waals surface area contributed by atoms with E-state index in [4.69, 9.17) is 10.5 Å². The molecule has 1 aromatic carbocycles. The molecule has 0 atom stereocenters. The molecular weight excluding hydrogens is 325 g/mol. The van der Waals surface area contributed by atoms with Gasteiger partial charge in [-0.25, -0.2) is 9.37 Å². The average Bonchev–Trinajstić information content (AvgIpc) is 2.55. The van der Waals surface area contributed by atoms with Crippen molar-refractivity contribution < 1.29 is 18.7 Å². The predicted octanol–water partition coefficient (Wildman–Crippen LogP) is 2.50. The lowest BCUT2D eigenvalue weighted by molar-refractivity contribution is -0.132. The molecule has 1 aliphatic heterocycles. The van der Waals surface area contributed by atoms with E-state index in [2.05, 4.69) is 4.98 Å². The number of hydrogen-bond acceptors (Lipinski definition) is 5. The van der Waals surface area contributed by atoms with Crippen LogP contribution in [0, 0.1) is 12.7 Å². The summed E-state index contributed by atoms with van der Waals surface area (Å²) in [4.78, 5) is 30.7. The molecule has 7 heteroatoms. The monoisotopic (exact) mass is 343 g/mol. The highest BCUT2D eigenvalue weighted by molar-refractivity contribution is 6.09.